The minimum absolute atomic E-state index is 0.0639. The summed E-state index contributed by atoms with van der Waals surface area (Å²) in [6, 6.07) is 17.6. The SMILES string of the molecule is CC[C@H](c1ccccc1)[C@@H]1CCCN1C(=O)CCn1c(=O)[nH]c(=O)c2ccccc21. The number of likely N-dealkylation sites (tertiary alicyclic amines) is 1. The number of aryl methyl sites for hydroxylation is 1. The number of amides is 1. The number of carbonyl (C=O) groups excluding carboxylic acids is 1. The quantitative estimate of drug-likeness (QED) is 0.684. The molecule has 1 aliphatic rings. The number of para-hydroxylation sites is 1. The van der Waals surface area contributed by atoms with Crippen LogP contribution in [0.4, 0.5) is 0 Å². The van der Waals surface area contributed by atoms with Gasteiger partial charge in [-0.3, -0.25) is 19.1 Å². The van der Waals surface area contributed by atoms with Gasteiger partial charge in [0.15, 0.2) is 0 Å². The summed E-state index contributed by atoms with van der Waals surface area (Å²) < 4.78 is 1.49. The lowest BCUT2D eigenvalue weighted by Crippen LogP contribution is -2.40. The van der Waals surface area contributed by atoms with Gasteiger partial charge in [-0.25, -0.2) is 4.79 Å². The van der Waals surface area contributed by atoms with E-state index in [0.29, 0.717) is 16.8 Å². The summed E-state index contributed by atoms with van der Waals surface area (Å²) >= 11 is 0. The molecule has 4 rings (SSSR count). The van der Waals surface area contributed by atoms with Gasteiger partial charge in [-0.15, -0.1) is 0 Å². The van der Waals surface area contributed by atoms with Gasteiger partial charge in [0.2, 0.25) is 5.91 Å². The lowest BCUT2D eigenvalue weighted by molar-refractivity contribution is -0.132. The van der Waals surface area contributed by atoms with Crippen molar-refractivity contribution in [2.45, 2.75) is 51.1 Å². The van der Waals surface area contributed by atoms with Crippen LogP contribution >= 0.6 is 0 Å². The van der Waals surface area contributed by atoms with Crippen molar-refractivity contribution in [1.82, 2.24) is 14.5 Å². The van der Waals surface area contributed by atoms with Gasteiger partial charge in [-0.05, 0) is 37.0 Å². The highest BCUT2D eigenvalue weighted by Gasteiger charge is 2.34. The average Bonchev–Trinajstić information content (AvgIpc) is 3.24. The van der Waals surface area contributed by atoms with E-state index < -0.39 is 11.2 Å². The molecular formula is C24H27N3O3. The van der Waals surface area contributed by atoms with E-state index >= 15 is 0 Å². The highest BCUT2D eigenvalue weighted by Crippen LogP contribution is 2.34. The van der Waals surface area contributed by atoms with E-state index in [-0.39, 0.29) is 24.9 Å². The highest BCUT2D eigenvalue weighted by molar-refractivity contribution is 5.79. The van der Waals surface area contributed by atoms with Crippen LogP contribution in [0.3, 0.4) is 0 Å². The van der Waals surface area contributed by atoms with E-state index in [9.17, 15) is 14.4 Å². The van der Waals surface area contributed by atoms with Crippen LogP contribution in [0, 0.1) is 0 Å². The molecule has 30 heavy (non-hydrogen) atoms. The maximum absolute atomic E-state index is 13.1. The second-order valence-electron chi connectivity index (χ2n) is 7.90. The van der Waals surface area contributed by atoms with Crippen LogP contribution in [0.5, 0.6) is 0 Å². The third-order valence-electron chi connectivity index (χ3n) is 6.21. The number of rotatable bonds is 6. The Bertz CT molecular complexity index is 1150. The second kappa shape index (κ2) is 8.69. The predicted octanol–water partition coefficient (Wildman–Crippen LogP) is 3.26. The molecule has 1 aromatic heterocycles. The molecule has 0 saturated carbocycles. The maximum Gasteiger partial charge on any atom is 0.328 e. The monoisotopic (exact) mass is 405 g/mol. The molecule has 6 nitrogen and oxygen atoms in total. The van der Waals surface area contributed by atoms with Crippen LogP contribution in [0.15, 0.2) is 64.2 Å². The molecule has 1 aliphatic heterocycles. The van der Waals surface area contributed by atoms with Gasteiger partial charge in [0.05, 0.1) is 10.9 Å². The third-order valence-corrected chi connectivity index (χ3v) is 6.21. The van der Waals surface area contributed by atoms with Crippen molar-refractivity contribution in [3.8, 4) is 0 Å². The van der Waals surface area contributed by atoms with Gasteiger partial charge in [0, 0.05) is 31.5 Å². The summed E-state index contributed by atoms with van der Waals surface area (Å²) in [6.45, 7) is 3.18. The molecule has 0 spiro atoms. The Hall–Kier alpha value is -3.15. The zero-order valence-corrected chi connectivity index (χ0v) is 17.2. The number of nitrogens with one attached hydrogen (secondary N) is 1. The Morgan fingerprint density at radius 1 is 1.10 bits per heavy atom. The van der Waals surface area contributed by atoms with Crippen molar-refractivity contribution in [1.29, 1.82) is 0 Å². The van der Waals surface area contributed by atoms with Crippen LogP contribution in [0.2, 0.25) is 0 Å². The Kier molecular flexibility index (Phi) is 5.84. The van der Waals surface area contributed by atoms with Crippen LogP contribution < -0.4 is 11.2 Å². The van der Waals surface area contributed by atoms with E-state index in [1.54, 1.807) is 24.3 Å². The van der Waals surface area contributed by atoms with Crippen molar-refractivity contribution in [2.24, 2.45) is 0 Å². The average molecular weight is 405 g/mol. The summed E-state index contributed by atoms with van der Waals surface area (Å²) in [5, 5.41) is 0.457. The maximum atomic E-state index is 13.1. The molecular weight excluding hydrogens is 378 g/mol. The first kappa shape index (κ1) is 20.1. The summed E-state index contributed by atoms with van der Waals surface area (Å²) in [5.41, 5.74) is 0.965. The molecule has 0 unspecified atom stereocenters. The van der Waals surface area contributed by atoms with Gasteiger partial charge in [-0.1, -0.05) is 49.4 Å². The van der Waals surface area contributed by atoms with Crippen LogP contribution in [0.25, 0.3) is 10.9 Å². The molecule has 2 atom stereocenters. The number of H-pyrrole nitrogens is 1. The molecule has 0 aliphatic carbocycles. The number of aromatic nitrogens is 2. The lowest BCUT2D eigenvalue weighted by Gasteiger charge is -2.32. The highest BCUT2D eigenvalue weighted by atomic mass is 16.2. The summed E-state index contributed by atoms with van der Waals surface area (Å²) in [7, 11) is 0. The molecule has 1 N–H and O–H groups in total. The standard InChI is InChI=1S/C24H27N3O3/c1-2-18(17-9-4-3-5-10-17)20-13-8-15-26(20)22(28)14-16-27-21-12-7-6-11-19(21)23(29)25-24(27)30/h3-7,9-12,18,20H,2,8,13-16H2,1H3,(H,25,29,30)/t18-,20+/m1/s1. The van der Waals surface area contributed by atoms with Gasteiger partial charge >= 0.3 is 5.69 Å². The Morgan fingerprint density at radius 2 is 1.83 bits per heavy atom. The minimum Gasteiger partial charge on any atom is -0.339 e. The molecule has 156 valence electrons. The number of fused-ring (bicyclic) bond motifs is 1. The molecule has 3 aromatic rings. The Morgan fingerprint density at radius 3 is 2.60 bits per heavy atom. The van der Waals surface area contributed by atoms with Gasteiger partial charge in [-0.2, -0.15) is 0 Å². The largest absolute Gasteiger partial charge is 0.339 e. The fourth-order valence-electron chi connectivity index (χ4n) is 4.77. The molecule has 0 radical (unpaired) electrons. The number of hydrogen-bond acceptors (Lipinski definition) is 3. The first-order valence-corrected chi connectivity index (χ1v) is 10.7. The van der Waals surface area contributed by atoms with Crippen LogP contribution in [-0.4, -0.2) is 32.9 Å². The fourth-order valence-corrected chi connectivity index (χ4v) is 4.77. The van der Waals surface area contributed by atoms with Gasteiger partial charge < -0.3 is 4.90 Å². The molecule has 2 heterocycles. The van der Waals surface area contributed by atoms with Gasteiger partial charge in [0.1, 0.15) is 0 Å². The predicted molar refractivity (Wildman–Crippen MR) is 118 cm³/mol. The smallest absolute Gasteiger partial charge is 0.328 e. The van der Waals surface area contributed by atoms with Crippen LogP contribution in [-0.2, 0) is 11.3 Å². The summed E-state index contributed by atoms with van der Waals surface area (Å²) in [4.78, 5) is 41.9. The van der Waals surface area contributed by atoms with E-state index in [1.807, 2.05) is 23.1 Å². The molecule has 6 heteroatoms. The number of carbonyl (C=O) groups is 1. The molecule has 0 bridgehead atoms. The zero-order chi connectivity index (χ0) is 21.1. The fraction of sp³-hybridized carbons (Fsp3) is 0.375. The number of nitrogens with zero attached hydrogens (tertiary/aromatic N) is 2. The zero-order valence-electron chi connectivity index (χ0n) is 17.2. The van der Waals surface area contributed by atoms with Crippen molar-refractivity contribution in [3.63, 3.8) is 0 Å². The van der Waals surface area contributed by atoms with Crippen molar-refractivity contribution in [2.75, 3.05) is 6.54 Å². The lowest BCUT2D eigenvalue weighted by atomic mass is 9.87. The van der Waals surface area contributed by atoms with E-state index in [4.69, 9.17) is 0 Å². The van der Waals surface area contributed by atoms with E-state index in [0.717, 1.165) is 25.8 Å². The normalized spacial score (nSPS) is 17.4. The second-order valence-corrected chi connectivity index (χ2v) is 7.90. The number of hydrogen-bond donors (Lipinski definition) is 1. The summed E-state index contributed by atoms with van der Waals surface area (Å²) in [5.74, 6) is 0.378. The first-order valence-electron chi connectivity index (χ1n) is 10.7. The third kappa shape index (κ3) is 3.82. The number of benzene rings is 2. The van der Waals surface area contributed by atoms with Gasteiger partial charge in [0.25, 0.3) is 5.56 Å². The van der Waals surface area contributed by atoms with Crippen molar-refractivity contribution < 1.29 is 4.79 Å². The molecule has 1 fully saturated rings. The van der Waals surface area contributed by atoms with Crippen molar-refractivity contribution in [3.05, 3.63) is 81.0 Å². The van der Waals surface area contributed by atoms with Crippen LogP contribution in [0.1, 0.15) is 44.1 Å². The topological polar surface area (TPSA) is 75.2 Å². The van der Waals surface area contributed by atoms with Crippen molar-refractivity contribution >= 4 is 16.8 Å². The first-order chi connectivity index (χ1) is 14.6. The van der Waals surface area contributed by atoms with E-state index in [2.05, 4.69) is 24.0 Å². The molecule has 1 saturated heterocycles. The molecule has 1 amide bonds. The summed E-state index contributed by atoms with van der Waals surface area (Å²) in [6.07, 6.45) is 3.21. The molecule has 2 aromatic carbocycles. The Balaban J connectivity index is 1.54. The number of aromatic amines is 1. The Labute approximate surface area is 175 Å². The van der Waals surface area contributed by atoms with E-state index in [1.165, 1.54) is 10.1 Å². The minimum atomic E-state index is -0.472.